The van der Waals surface area contributed by atoms with Crippen LogP contribution in [-0.2, 0) is 6.42 Å². The van der Waals surface area contributed by atoms with Crippen LogP contribution >= 0.6 is 11.3 Å². The molecule has 0 spiro atoms. The Morgan fingerprint density at radius 1 is 1.03 bits per heavy atom. The zero-order valence-electron chi connectivity index (χ0n) is 19.3. The van der Waals surface area contributed by atoms with E-state index in [1.807, 2.05) is 38.1 Å². The van der Waals surface area contributed by atoms with Gasteiger partial charge in [-0.05, 0) is 48.9 Å². The maximum absolute atomic E-state index is 13.4. The van der Waals surface area contributed by atoms with Gasteiger partial charge in [-0.25, -0.2) is 9.37 Å². The minimum Gasteiger partial charge on any atom is -0.494 e. The highest BCUT2D eigenvalue weighted by atomic mass is 32.1. The Hall–Kier alpha value is -3.17. The Morgan fingerprint density at radius 2 is 1.74 bits per heavy atom. The van der Waals surface area contributed by atoms with Crippen LogP contribution in [0.4, 0.5) is 10.1 Å². The number of halogens is 1. The van der Waals surface area contributed by atoms with Gasteiger partial charge in [0, 0.05) is 38.3 Å². The standard InChI is InChI=1S/C25H28FN5O2S/c1-3-21-27-25-31(28-21)24(32)23(34-25)22(17-5-11-20(12-6-17)33-4-2)30-15-13-29(14-16-30)19-9-7-18(26)8-10-19/h5-12,22,32H,3-4,13-16H2,1-2H3/t22-/m0/s1. The first kappa shape index (κ1) is 22.6. The number of aromatic hydroxyl groups is 1. The summed E-state index contributed by atoms with van der Waals surface area (Å²) in [6.07, 6.45) is 0.719. The minimum atomic E-state index is -0.226. The number of nitrogens with zero attached hydrogens (tertiary/aromatic N) is 5. The van der Waals surface area contributed by atoms with Crippen molar-refractivity contribution in [1.29, 1.82) is 0 Å². The van der Waals surface area contributed by atoms with Crippen molar-refractivity contribution in [3.05, 3.63) is 70.6 Å². The number of piperazine rings is 1. The van der Waals surface area contributed by atoms with Gasteiger partial charge in [0.15, 0.2) is 5.82 Å². The van der Waals surface area contributed by atoms with Gasteiger partial charge in [-0.3, -0.25) is 4.90 Å². The van der Waals surface area contributed by atoms with E-state index < -0.39 is 0 Å². The van der Waals surface area contributed by atoms with E-state index in [1.54, 1.807) is 4.52 Å². The maximum atomic E-state index is 13.4. The molecule has 1 N–H and O–H groups in total. The molecule has 5 rings (SSSR count). The first-order valence-corrected chi connectivity index (χ1v) is 12.4. The van der Waals surface area contributed by atoms with E-state index in [0.29, 0.717) is 11.6 Å². The molecule has 0 bridgehead atoms. The molecule has 0 radical (unpaired) electrons. The molecule has 1 aliphatic heterocycles. The van der Waals surface area contributed by atoms with Gasteiger partial charge >= 0.3 is 0 Å². The molecular weight excluding hydrogens is 453 g/mol. The number of hydrogen-bond donors (Lipinski definition) is 1. The lowest BCUT2D eigenvalue weighted by atomic mass is 10.0. The number of thiazole rings is 1. The summed E-state index contributed by atoms with van der Waals surface area (Å²) in [5.74, 6) is 1.47. The second-order valence-corrected chi connectivity index (χ2v) is 9.28. The zero-order valence-corrected chi connectivity index (χ0v) is 20.1. The number of fused-ring (bicyclic) bond motifs is 1. The van der Waals surface area contributed by atoms with Gasteiger partial charge in [-0.1, -0.05) is 30.4 Å². The van der Waals surface area contributed by atoms with Crippen LogP contribution in [-0.4, -0.2) is 57.4 Å². The van der Waals surface area contributed by atoms with Crippen LogP contribution in [0.2, 0.25) is 0 Å². The molecule has 3 heterocycles. The van der Waals surface area contributed by atoms with E-state index in [4.69, 9.17) is 4.74 Å². The monoisotopic (exact) mass is 481 g/mol. The predicted molar refractivity (Wildman–Crippen MR) is 132 cm³/mol. The highest BCUT2D eigenvalue weighted by molar-refractivity contribution is 7.17. The lowest BCUT2D eigenvalue weighted by Crippen LogP contribution is -2.47. The van der Waals surface area contributed by atoms with Crippen molar-refractivity contribution < 1.29 is 14.2 Å². The van der Waals surface area contributed by atoms with Crippen LogP contribution in [0.1, 0.15) is 36.2 Å². The van der Waals surface area contributed by atoms with Gasteiger partial charge in [-0.2, -0.15) is 4.52 Å². The van der Waals surface area contributed by atoms with E-state index in [0.717, 1.165) is 60.3 Å². The van der Waals surface area contributed by atoms with Crippen molar-refractivity contribution in [2.75, 3.05) is 37.7 Å². The summed E-state index contributed by atoms with van der Waals surface area (Å²) in [7, 11) is 0. The van der Waals surface area contributed by atoms with Crippen molar-refractivity contribution in [2.24, 2.45) is 0 Å². The zero-order chi connectivity index (χ0) is 23.7. The third-order valence-electron chi connectivity index (χ3n) is 6.19. The van der Waals surface area contributed by atoms with E-state index in [1.165, 1.54) is 23.5 Å². The van der Waals surface area contributed by atoms with E-state index in [2.05, 4.69) is 32.0 Å². The van der Waals surface area contributed by atoms with Crippen LogP contribution < -0.4 is 9.64 Å². The highest BCUT2D eigenvalue weighted by Gasteiger charge is 2.32. The highest BCUT2D eigenvalue weighted by Crippen LogP contribution is 2.40. The third kappa shape index (κ3) is 4.33. The Labute approximate surface area is 202 Å². The summed E-state index contributed by atoms with van der Waals surface area (Å²) < 4.78 is 20.5. The predicted octanol–water partition coefficient (Wildman–Crippen LogP) is 4.51. The lowest BCUT2D eigenvalue weighted by Gasteiger charge is -2.40. The Morgan fingerprint density at radius 3 is 2.35 bits per heavy atom. The first-order valence-electron chi connectivity index (χ1n) is 11.6. The molecular formula is C25H28FN5O2S. The molecule has 1 aliphatic rings. The van der Waals surface area contributed by atoms with E-state index in [-0.39, 0.29) is 17.7 Å². The fourth-order valence-electron chi connectivity index (χ4n) is 4.45. The third-order valence-corrected chi connectivity index (χ3v) is 7.26. The van der Waals surface area contributed by atoms with Crippen LogP contribution in [0.25, 0.3) is 4.96 Å². The second-order valence-electron chi connectivity index (χ2n) is 8.27. The van der Waals surface area contributed by atoms with Crippen LogP contribution in [0.15, 0.2) is 48.5 Å². The number of aromatic nitrogens is 3. The molecule has 0 unspecified atom stereocenters. The maximum Gasteiger partial charge on any atom is 0.230 e. The molecule has 0 saturated carbocycles. The van der Waals surface area contributed by atoms with Crippen molar-refractivity contribution in [3.8, 4) is 11.6 Å². The first-order chi connectivity index (χ1) is 16.6. The van der Waals surface area contributed by atoms with Crippen LogP contribution in [0.3, 0.4) is 0 Å². The van der Waals surface area contributed by atoms with Gasteiger partial charge in [-0.15, -0.1) is 5.10 Å². The van der Waals surface area contributed by atoms with Crippen molar-refractivity contribution in [3.63, 3.8) is 0 Å². The van der Waals surface area contributed by atoms with Gasteiger partial charge in [0.1, 0.15) is 11.6 Å². The molecule has 1 saturated heterocycles. The Bertz CT molecular complexity index is 1250. The SMILES string of the molecule is CCOc1ccc([C@@H](c2sc3nc(CC)nn3c2O)N2CCN(c3ccc(F)cc3)CC2)cc1. The molecule has 178 valence electrons. The number of hydrogen-bond acceptors (Lipinski definition) is 7. The summed E-state index contributed by atoms with van der Waals surface area (Å²) in [6, 6.07) is 14.6. The summed E-state index contributed by atoms with van der Waals surface area (Å²) in [5.41, 5.74) is 2.10. The second kappa shape index (κ2) is 9.60. The minimum absolute atomic E-state index is 0.135. The number of anilines is 1. The lowest BCUT2D eigenvalue weighted by molar-refractivity contribution is 0.211. The van der Waals surface area contributed by atoms with Crippen molar-refractivity contribution in [2.45, 2.75) is 26.3 Å². The molecule has 0 amide bonds. The summed E-state index contributed by atoms with van der Waals surface area (Å²) in [4.78, 5) is 10.7. The van der Waals surface area contributed by atoms with Gasteiger partial charge in [0.2, 0.25) is 10.8 Å². The molecule has 34 heavy (non-hydrogen) atoms. The van der Waals surface area contributed by atoms with Crippen LogP contribution in [0.5, 0.6) is 11.6 Å². The molecule has 4 aromatic rings. The molecule has 2 aromatic heterocycles. The summed E-state index contributed by atoms with van der Waals surface area (Å²) >= 11 is 1.48. The fraction of sp³-hybridized carbons (Fsp3) is 0.360. The van der Waals surface area contributed by atoms with Crippen LogP contribution in [0, 0.1) is 5.82 Å². The Balaban J connectivity index is 1.45. The molecule has 7 nitrogen and oxygen atoms in total. The molecule has 9 heteroatoms. The molecule has 1 atom stereocenters. The average molecular weight is 482 g/mol. The fourth-order valence-corrected chi connectivity index (χ4v) is 5.59. The van der Waals surface area contributed by atoms with E-state index in [9.17, 15) is 9.50 Å². The van der Waals surface area contributed by atoms with Crippen molar-refractivity contribution >= 4 is 22.0 Å². The Kier molecular flexibility index (Phi) is 6.38. The number of benzene rings is 2. The van der Waals surface area contributed by atoms with Gasteiger partial charge < -0.3 is 14.7 Å². The average Bonchev–Trinajstić information content (AvgIpc) is 3.40. The quantitative estimate of drug-likeness (QED) is 0.419. The number of aryl methyl sites for hydroxylation is 1. The summed E-state index contributed by atoms with van der Waals surface area (Å²) in [6.45, 7) is 7.78. The molecule has 1 fully saturated rings. The van der Waals surface area contributed by atoms with Crippen molar-refractivity contribution in [1.82, 2.24) is 19.5 Å². The largest absolute Gasteiger partial charge is 0.494 e. The number of rotatable bonds is 7. The smallest absolute Gasteiger partial charge is 0.230 e. The molecule has 0 aliphatic carbocycles. The topological polar surface area (TPSA) is 66.1 Å². The molecule has 2 aromatic carbocycles. The van der Waals surface area contributed by atoms with Gasteiger partial charge in [0.05, 0.1) is 17.5 Å². The van der Waals surface area contributed by atoms with E-state index >= 15 is 0 Å². The van der Waals surface area contributed by atoms with Gasteiger partial charge in [0.25, 0.3) is 0 Å². The number of ether oxygens (including phenoxy) is 1. The normalized spacial score (nSPS) is 15.7. The summed E-state index contributed by atoms with van der Waals surface area (Å²) in [5, 5.41) is 15.6.